The number of fused-ring (bicyclic) bond motifs is 1. The third-order valence-corrected chi connectivity index (χ3v) is 16.4. The monoisotopic (exact) mass is 1170 g/mol. The lowest BCUT2D eigenvalue weighted by Gasteiger charge is -2.38. The lowest BCUT2D eigenvalue weighted by Crippen LogP contribution is -2.51. The minimum absolute atomic E-state index is 0.0124. The van der Waals surface area contributed by atoms with Crippen molar-refractivity contribution in [3.05, 3.63) is 173 Å². The summed E-state index contributed by atoms with van der Waals surface area (Å²) >= 11 is 0. The van der Waals surface area contributed by atoms with E-state index < -0.39 is 79.6 Å². The number of ketones is 1. The molecule has 440 valence electrons. The second-order valence-electron chi connectivity index (χ2n) is 21.1. The van der Waals surface area contributed by atoms with Gasteiger partial charge in [0.25, 0.3) is 16.0 Å². The molecule has 1 aliphatic rings. The van der Waals surface area contributed by atoms with E-state index >= 15 is 0 Å². The molecule has 0 saturated heterocycles. The van der Waals surface area contributed by atoms with Crippen molar-refractivity contribution in [2.45, 2.75) is 96.0 Å². The molecule has 5 N–H and O–H groups in total. The Morgan fingerprint density at radius 2 is 1.42 bits per heavy atom. The van der Waals surface area contributed by atoms with Crippen LogP contribution in [0.15, 0.2) is 144 Å². The predicted molar refractivity (Wildman–Crippen MR) is 313 cm³/mol. The molecule has 0 unspecified atom stereocenters. The summed E-state index contributed by atoms with van der Waals surface area (Å²) < 4.78 is 81.1. The molecular weight excluding hydrogens is 1100 g/mol. The highest BCUT2D eigenvalue weighted by Crippen LogP contribution is 2.42. The van der Waals surface area contributed by atoms with E-state index in [2.05, 4.69) is 66.6 Å². The Hall–Kier alpha value is -8.25. The van der Waals surface area contributed by atoms with Gasteiger partial charge in [-0.2, -0.15) is 13.1 Å². The van der Waals surface area contributed by atoms with Crippen LogP contribution in [-0.2, 0) is 56.1 Å². The van der Waals surface area contributed by atoms with Gasteiger partial charge in [0, 0.05) is 56.6 Å². The third-order valence-electron chi connectivity index (χ3n) is 13.7. The van der Waals surface area contributed by atoms with Gasteiger partial charge in [-0.05, 0) is 113 Å². The Morgan fingerprint density at radius 1 is 0.831 bits per heavy atom. The number of nitrogens with zero attached hydrogens (tertiary/aromatic N) is 4. The van der Waals surface area contributed by atoms with Gasteiger partial charge < -0.3 is 35.1 Å². The number of esters is 1. The molecule has 1 aromatic heterocycles. The zero-order valence-corrected chi connectivity index (χ0v) is 49.2. The highest BCUT2D eigenvalue weighted by Gasteiger charge is 2.40. The molecule has 0 fully saturated rings. The standard InChI is InChI=1S/C60H70N8O13S2/c1-39-33-47(80-32-18-25-51(69)61-28-30-67(41(3)38-82(74,75)76)58(73)81-59(5,6)7)34-40(2)54(39)83(77,78)66-50(56(72)79-8)37-63-55(71)52-42(4)53(70)48-27-26-43(35-49(48)65-52)36-64-57-62-29-31-68(57)60(44-19-12-9-13-20-44,45-21-14-10-15-22-45)46-23-16-11-17-24-46/h9-17,19-24,26-27,29,31,33-35,41-42,50,66H,18,25,28,30,32,36-38H2,1-8H3,(H,61,69)(H,62,64)(H,63,71)(H,74,75,76)/t41-,42+,50+/m1/s1. The van der Waals surface area contributed by atoms with Crippen LogP contribution in [0.1, 0.15) is 91.2 Å². The van der Waals surface area contributed by atoms with Gasteiger partial charge in [-0.3, -0.25) is 28.3 Å². The first kappa shape index (κ1) is 62.4. The van der Waals surface area contributed by atoms with Crippen LogP contribution in [-0.4, -0.2) is 128 Å². The normalized spacial score (nSPS) is 14.3. The summed E-state index contributed by atoms with van der Waals surface area (Å²) in [7, 11) is -7.81. The molecule has 6 aromatic rings. The zero-order valence-electron chi connectivity index (χ0n) is 47.5. The minimum Gasteiger partial charge on any atom is -0.494 e. The molecule has 0 bridgehead atoms. The fraction of sp³-hybridized carbons (Fsp3) is 0.350. The number of benzene rings is 5. The summed E-state index contributed by atoms with van der Waals surface area (Å²) in [5.74, 6) is -3.37. The summed E-state index contributed by atoms with van der Waals surface area (Å²) in [6.45, 7) is 10.6. The van der Waals surface area contributed by atoms with Crippen LogP contribution in [0.4, 0.5) is 16.4 Å². The molecule has 1 aliphatic heterocycles. The molecule has 21 nitrogen and oxygen atoms in total. The van der Waals surface area contributed by atoms with Crippen LogP contribution >= 0.6 is 0 Å². The number of aliphatic imine (C=N–C) groups is 1. The van der Waals surface area contributed by atoms with Gasteiger partial charge in [0.05, 0.1) is 36.0 Å². The predicted octanol–water partition coefficient (Wildman–Crippen LogP) is 7.28. The van der Waals surface area contributed by atoms with Crippen molar-refractivity contribution in [1.29, 1.82) is 0 Å². The molecule has 7 rings (SSSR count). The maximum absolute atomic E-state index is 14.0. The lowest BCUT2D eigenvalue weighted by atomic mass is 9.76. The highest BCUT2D eigenvalue weighted by atomic mass is 32.2. The van der Waals surface area contributed by atoms with Crippen molar-refractivity contribution in [3.8, 4) is 5.75 Å². The Labute approximate surface area is 484 Å². The third kappa shape index (κ3) is 15.5. The van der Waals surface area contributed by atoms with Gasteiger partial charge >= 0.3 is 12.1 Å². The van der Waals surface area contributed by atoms with Crippen molar-refractivity contribution in [2.24, 2.45) is 10.9 Å². The number of sulfonamides is 1. The molecule has 0 radical (unpaired) electrons. The Bertz CT molecular complexity index is 3450. The summed E-state index contributed by atoms with van der Waals surface area (Å²) in [6, 6.07) is 36.1. The molecule has 3 amide bonds. The Balaban J connectivity index is 0.977. The van der Waals surface area contributed by atoms with Gasteiger partial charge in [-0.15, -0.1) is 0 Å². The number of Topliss-reactive ketones (excluding diaryl/α,β-unsaturated/α-hetero) is 1. The number of amides is 3. The van der Waals surface area contributed by atoms with E-state index in [1.165, 1.54) is 32.9 Å². The van der Waals surface area contributed by atoms with Crippen molar-refractivity contribution in [2.75, 3.05) is 44.4 Å². The number of carbonyl (C=O) groups is 5. The van der Waals surface area contributed by atoms with E-state index in [1.54, 1.807) is 46.0 Å². The Morgan fingerprint density at radius 3 is 1.98 bits per heavy atom. The number of anilines is 1. The average Bonchev–Trinajstić information content (AvgIpc) is 2.24. The van der Waals surface area contributed by atoms with E-state index in [4.69, 9.17) is 19.2 Å². The maximum Gasteiger partial charge on any atom is 0.410 e. The van der Waals surface area contributed by atoms with Crippen molar-refractivity contribution in [3.63, 3.8) is 0 Å². The molecule has 0 saturated carbocycles. The fourth-order valence-electron chi connectivity index (χ4n) is 9.96. The summed E-state index contributed by atoms with van der Waals surface area (Å²) in [5.41, 5.74) is 3.00. The van der Waals surface area contributed by atoms with Crippen molar-refractivity contribution in [1.82, 2.24) is 29.8 Å². The largest absolute Gasteiger partial charge is 0.494 e. The smallest absolute Gasteiger partial charge is 0.410 e. The van der Waals surface area contributed by atoms with Crippen LogP contribution in [0, 0.1) is 19.8 Å². The molecule has 5 aromatic carbocycles. The topological polar surface area (TPSA) is 283 Å². The van der Waals surface area contributed by atoms with Gasteiger partial charge in [0.15, 0.2) is 5.78 Å². The van der Waals surface area contributed by atoms with E-state index in [9.17, 15) is 45.4 Å². The van der Waals surface area contributed by atoms with Crippen LogP contribution in [0.3, 0.4) is 0 Å². The van der Waals surface area contributed by atoms with E-state index in [0.29, 0.717) is 17.3 Å². The molecule has 83 heavy (non-hydrogen) atoms. The van der Waals surface area contributed by atoms with Gasteiger partial charge in [0.2, 0.25) is 21.9 Å². The second kappa shape index (κ2) is 26.8. The first-order valence-corrected chi connectivity index (χ1v) is 30.0. The SMILES string of the molecule is COC(=O)[C@H](CNC(=O)C1=Nc2cc(CNc3nccn3C(c3ccccc3)(c3ccccc3)c3ccccc3)ccc2C(=O)[C@H]1C)NS(=O)(=O)c1c(C)cc(OCCCC(=O)NCCN(C(=O)OC(C)(C)C)[C@H](C)CS(=O)(=O)O)cc1C. The zero-order chi connectivity index (χ0) is 60.3. The minimum atomic E-state index is -4.47. The number of hydrogen-bond donors (Lipinski definition) is 5. The first-order valence-electron chi connectivity index (χ1n) is 26.9. The number of nitrogens with one attached hydrogen (secondary N) is 4. The Kier molecular flexibility index (Phi) is 20.1. The van der Waals surface area contributed by atoms with Crippen molar-refractivity contribution < 1.29 is 59.6 Å². The van der Waals surface area contributed by atoms with Crippen LogP contribution in [0.2, 0.25) is 0 Å². The second-order valence-corrected chi connectivity index (χ2v) is 24.2. The van der Waals surface area contributed by atoms with E-state index in [0.717, 1.165) is 34.3 Å². The van der Waals surface area contributed by atoms with Gasteiger partial charge in [0.1, 0.15) is 28.6 Å². The number of ether oxygens (including phenoxy) is 3. The number of aryl methyl sites for hydroxylation is 2. The maximum atomic E-state index is 14.0. The molecule has 2 heterocycles. The van der Waals surface area contributed by atoms with Crippen molar-refractivity contribution >= 4 is 67.1 Å². The van der Waals surface area contributed by atoms with Gasteiger partial charge in [-0.1, -0.05) is 97.1 Å². The molecule has 0 aliphatic carbocycles. The number of methoxy groups -OCH3 is 1. The number of carbonyl (C=O) groups excluding carboxylic acids is 5. The number of imidazole rings is 1. The van der Waals surface area contributed by atoms with E-state index in [1.807, 2.05) is 66.9 Å². The van der Waals surface area contributed by atoms with Crippen LogP contribution < -0.4 is 25.4 Å². The fourth-order valence-corrected chi connectivity index (χ4v) is 12.4. The molecular formula is C60H70N8O13S2. The van der Waals surface area contributed by atoms with Gasteiger partial charge in [-0.25, -0.2) is 23.2 Å². The lowest BCUT2D eigenvalue weighted by molar-refractivity contribution is -0.142. The molecule has 23 heteroatoms. The summed E-state index contributed by atoms with van der Waals surface area (Å²) in [5, 5.41) is 8.76. The summed E-state index contributed by atoms with van der Waals surface area (Å²) in [4.78, 5) is 76.7. The number of rotatable bonds is 25. The highest BCUT2D eigenvalue weighted by molar-refractivity contribution is 7.89. The van der Waals surface area contributed by atoms with Crippen LogP contribution in [0.25, 0.3) is 0 Å². The number of aromatic nitrogens is 2. The van der Waals surface area contributed by atoms with Crippen LogP contribution in [0.5, 0.6) is 5.75 Å². The molecule has 0 spiro atoms. The van der Waals surface area contributed by atoms with E-state index in [-0.39, 0.29) is 78.2 Å². The summed E-state index contributed by atoms with van der Waals surface area (Å²) in [6.07, 6.45) is 3.11. The molecule has 3 atom stereocenters. The first-order chi connectivity index (χ1) is 39.3. The average molecular weight is 1180 g/mol. The number of hydrogen-bond acceptors (Lipinski definition) is 15. The quantitative estimate of drug-likeness (QED) is 0.0163.